The van der Waals surface area contributed by atoms with Gasteiger partial charge in [-0.05, 0) is 24.7 Å². The van der Waals surface area contributed by atoms with Gasteiger partial charge in [0.1, 0.15) is 6.04 Å². The minimum atomic E-state index is -3.11. The third-order valence-corrected chi connectivity index (χ3v) is 3.61. The van der Waals surface area contributed by atoms with Crippen molar-refractivity contribution in [2.75, 3.05) is 6.54 Å². The van der Waals surface area contributed by atoms with Crippen LogP contribution in [-0.4, -0.2) is 40.9 Å². The summed E-state index contributed by atoms with van der Waals surface area (Å²) in [6, 6.07) is -1.05. The molecular formula is C10H13F2NO3. The number of likely N-dealkylation sites (tertiary alicyclic amines) is 1. The molecule has 1 saturated heterocycles. The van der Waals surface area contributed by atoms with Crippen LogP contribution in [0.2, 0.25) is 0 Å². The number of rotatable bonds is 2. The summed E-state index contributed by atoms with van der Waals surface area (Å²) in [5, 5.41) is 9.02. The van der Waals surface area contributed by atoms with E-state index in [2.05, 4.69) is 0 Å². The van der Waals surface area contributed by atoms with Crippen LogP contribution in [0.1, 0.15) is 19.3 Å². The molecule has 2 fully saturated rings. The smallest absolute Gasteiger partial charge is 0.326 e. The molecule has 0 aromatic heterocycles. The Labute approximate surface area is 91.2 Å². The van der Waals surface area contributed by atoms with Crippen molar-refractivity contribution < 1.29 is 23.5 Å². The molecule has 0 aromatic rings. The fraction of sp³-hybridized carbons (Fsp3) is 0.800. The third-order valence-electron chi connectivity index (χ3n) is 3.61. The van der Waals surface area contributed by atoms with Gasteiger partial charge in [0.2, 0.25) is 0 Å². The number of carbonyl (C=O) groups is 2. The first-order valence-corrected chi connectivity index (χ1v) is 5.34. The predicted octanol–water partition coefficient (Wildman–Crippen LogP) is 0.963. The molecule has 3 unspecified atom stereocenters. The second-order valence-corrected chi connectivity index (χ2v) is 4.43. The number of amides is 1. The van der Waals surface area contributed by atoms with E-state index in [4.69, 9.17) is 5.11 Å². The van der Waals surface area contributed by atoms with Gasteiger partial charge in [-0.15, -0.1) is 0 Å². The van der Waals surface area contributed by atoms with Crippen molar-refractivity contribution in [1.82, 2.24) is 4.90 Å². The first-order valence-electron chi connectivity index (χ1n) is 5.34. The van der Waals surface area contributed by atoms with E-state index < -0.39 is 24.3 Å². The summed E-state index contributed by atoms with van der Waals surface area (Å²) in [6.07, 6.45) is -0.632. The molecule has 0 bridgehead atoms. The Morgan fingerprint density at radius 2 is 2.00 bits per heavy atom. The van der Waals surface area contributed by atoms with Gasteiger partial charge in [0, 0.05) is 6.54 Å². The number of fused-ring (bicyclic) bond motifs is 1. The van der Waals surface area contributed by atoms with Gasteiger partial charge < -0.3 is 10.0 Å². The minimum absolute atomic E-state index is 0.0869. The molecule has 0 spiro atoms. The summed E-state index contributed by atoms with van der Waals surface area (Å²) in [4.78, 5) is 23.1. The van der Waals surface area contributed by atoms with Crippen LogP contribution in [0.4, 0.5) is 8.78 Å². The Bertz CT molecular complexity index is 321. The zero-order valence-corrected chi connectivity index (χ0v) is 8.60. The van der Waals surface area contributed by atoms with Crippen molar-refractivity contribution in [1.29, 1.82) is 0 Å². The maximum atomic E-state index is 12.3. The van der Waals surface area contributed by atoms with Gasteiger partial charge in [-0.2, -0.15) is 8.78 Å². The maximum Gasteiger partial charge on any atom is 0.326 e. The Balaban J connectivity index is 2.20. The highest BCUT2D eigenvalue weighted by molar-refractivity contribution is 5.86. The molecule has 0 radical (unpaired) electrons. The average molecular weight is 233 g/mol. The lowest BCUT2D eigenvalue weighted by atomic mass is 9.94. The highest BCUT2D eigenvalue weighted by Gasteiger charge is 2.50. The second kappa shape index (κ2) is 3.99. The fourth-order valence-electron chi connectivity index (χ4n) is 2.97. The molecule has 16 heavy (non-hydrogen) atoms. The quantitative estimate of drug-likeness (QED) is 0.773. The molecule has 1 amide bonds. The number of carboxylic acids is 1. The summed E-state index contributed by atoms with van der Waals surface area (Å²) in [5.74, 6) is -2.56. The van der Waals surface area contributed by atoms with Crippen LogP contribution in [0.3, 0.4) is 0 Å². The van der Waals surface area contributed by atoms with E-state index in [0.29, 0.717) is 6.42 Å². The molecule has 1 saturated carbocycles. The molecule has 4 nitrogen and oxygen atoms in total. The summed E-state index contributed by atoms with van der Waals surface area (Å²) >= 11 is 0. The zero-order chi connectivity index (χ0) is 11.9. The van der Waals surface area contributed by atoms with Crippen LogP contribution in [0.5, 0.6) is 0 Å². The van der Waals surface area contributed by atoms with E-state index in [9.17, 15) is 18.4 Å². The van der Waals surface area contributed by atoms with Gasteiger partial charge in [-0.1, -0.05) is 6.42 Å². The van der Waals surface area contributed by atoms with E-state index in [0.717, 1.165) is 17.7 Å². The van der Waals surface area contributed by atoms with Crippen LogP contribution in [0.25, 0.3) is 0 Å². The lowest BCUT2D eigenvalue weighted by molar-refractivity contribution is -0.154. The number of carboxylic acid groups (broad SMARTS) is 1. The number of carbonyl (C=O) groups excluding carboxylic acids is 1. The first kappa shape index (κ1) is 11.3. The lowest BCUT2D eigenvalue weighted by Gasteiger charge is -2.23. The van der Waals surface area contributed by atoms with Gasteiger partial charge in [-0.25, -0.2) is 4.79 Å². The topological polar surface area (TPSA) is 57.6 Å². The van der Waals surface area contributed by atoms with Gasteiger partial charge >= 0.3 is 12.4 Å². The van der Waals surface area contributed by atoms with E-state index in [1.165, 1.54) is 0 Å². The van der Waals surface area contributed by atoms with E-state index in [-0.39, 0.29) is 18.4 Å². The van der Waals surface area contributed by atoms with Crippen LogP contribution >= 0.6 is 0 Å². The molecule has 1 aliphatic carbocycles. The molecule has 1 heterocycles. The Hall–Kier alpha value is -1.20. The van der Waals surface area contributed by atoms with Gasteiger partial charge in [0.25, 0.3) is 5.91 Å². The molecular weight excluding hydrogens is 220 g/mol. The summed E-state index contributed by atoms with van der Waals surface area (Å²) in [7, 11) is 0. The standard InChI is InChI=1S/C10H13F2NO3/c11-8(12)9(14)13-4-5-2-1-3-6(5)7(13)10(15)16/h5-8H,1-4H2,(H,15,16). The first-order chi connectivity index (χ1) is 7.52. The molecule has 0 aromatic carbocycles. The van der Waals surface area contributed by atoms with Crippen LogP contribution in [-0.2, 0) is 9.59 Å². The summed E-state index contributed by atoms with van der Waals surface area (Å²) in [5.41, 5.74) is 0. The average Bonchev–Trinajstić information content (AvgIpc) is 2.73. The number of hydrogen-bond donors (Lipinski definition) is 1. The third kappa shape index (κ3) is 1.66. The number of nitrogens with zero attached hydrogens (tertiary/aromatic N) is 1. The van der Waals surface area contributed by atoms with Crippen LogP contribution in [0.15, 0.2) is 0 Å². The SMILES string of the molecule is O=C(O)C1C2CCCC2CN1C(=O)C(F)F. The predicted molar refractivity (Wildman–Crippen MR) is 50.0 cm³/mol. The van der Waals surface area contributed by atoms with Gasteiger partial charge in [0.15, 0.2) is 0 Å². The second-order valence-electron chi connectivity index (χ2n) is 4.43. The minimum Gasteiger partial charge on any atom is -0.480 e. The maximum absolute atomic E-state index is 12.3. The van der Waals surface area contributed by atoms with Crippen molar-refractivity contribution in [2.24, 2.45) is 11.8 Å². The summed E-state index contributed by atoms with van der Waals surface area (Å²) < 4.78 is 24.6. The number of alkyl halides is 2. The molecule has 1 aliphatic heterocycles. The molecule has 2 aliphatic rings. The number of halogens is 2. The normalized spacial score (nSPS) is 33.2. The molecule has 2 rings (SSSR count). The highest BCUT2D eigenvalue weighted by atomic mass is 19.3. The highest BCUT2D eigenvalue weighted by Crippen LogP contribution is 2.42. The largest absolute Gasteiger partial charge is 0.480 e. The van der Waals surface area contributed by atoms with Crippen molar-refractivity contribution >= 4 is 11.9 Å². The van der Waals surface area contributed by atoms with Gasteiger partial charge in [0.05, 0.1) is 0 Å². The van der Waals surface area contributed by atoms with Gasteiger partial charge in [-0.3, -0.25) is 4.79 Å². The zero-order valence-electron chi connectivity index (χ0n) is 8.60. The summed E-state index contributed by atoms with van der Waals surface area (Å²) in [6.45, 7) is 0.171. The monoisotopic (exact) mass is 233 g/mol. The molecule has 6 heteroatoms. The Morgan fingerprint density at radius 1 is 1.31 bits per heavy atom. The molecule has 90 valence electrons. The van der Waals surface area contributed by atoms with E-state index in [1.807, 2.05) is 0 Å². The van der Waals surface area contributed by atoms with Crippen molar-refractivity contribution in [3.63, 3.8) is 0 Å². The Morgan fingerprint density at radius 3 is 2.56 bits per heavy atom. The fourth-order valence-corrected chi connectivity index (χ4v) is 2.97. The van der Waals surface area contributed by atoms with Crippen molar-refractivity contribution in [3.8, 4) is 0 Å². The van der Waals surface area contributed by atoms with E-state index >= 15 is 0 Å². The Kier molecular flexibility index (Phi) is 2.82. The molecule has 3 atom stereocenters. The number of aliphatic carboxylic acids is 1. The van der Waals surface area contributed by atoms with E-state index in [1.54, 1.807) is 0 Å². The van der Waals surface area contributed by atoms with Crippen LogP contribution in [0, 0.1) is 11.8 Å². The molecule has 1 N–H and O–H groups in total. The van der Waals surface area contributed by atoms with Crippen molar-refractivity contribution in [2.45, 2.75) is 31.7 Å². The van der Waals surface area contributed by atoms with Crippen molar-refractivity contribution in [3.05, 3.63) is 0 Å². The van der Waals surface area contributed by atoms with Crippen LogP contribution < -0.4 is 0 Å². The lowest BCUT2D eigenvalue weighted by Crippen LogP contribution is -2.45. The number of hydrogen-bond acceptors (Lipinski definition) is 2.